The van der Waals surface area contributed by atoms with E-state index in [0.29, 0.717) is 30.2 Å². The molecule has 2 atom stereocenters. The molecule has 4 heterocycles. The minimum absolute atomic E-state index is 0.0784. The second-order valence-corrected chi connectivity index (χ2v) is 12.9. The van der Waals surface area contributed by atoms with Crippen molar-refractivity contribution in [3.8, 4) is 22.6 Å². The van der Waals surface area contributed by atoms with Crippen molar-refractivity contribution in [2.24, 2.45) is 0 Å². The zero-order valence-corrected chi connectivity index (χ0v) is 27.2. The van der Waals surface area contributed by atoms with E-state index in [1.54, 1.807) is 16.8 Å². The summed E-state index contributed by atoms with van der Waals surface area (Å²) in [5.41, 5.74) is -0.567. The zero-order chi connectivity index (χ0) is 34.1. The van der Waals surface area contributed by atoms with Crippen LogP contribution in [-0.4, -0.2) is 69.2 Å². The molecule has 0 bridgehead atoms. The number of pyridine rings is 1. The summed E-state index contributed by atoms with van der Waals surface area (Å²) in [5.74, 6) is -4.69. The van der Waals surface area contributed by atoms with E-state index in [2.05, 4.69) is 16.5 Å². The number of nitrogens with zero attached hydrogens (tertiary/aromatic N) is 6. The molecule has 246 valence electrons. The first-order valence-corrected chi connectivity index (χ1v) is 15.6. The number of hydrogen-bond acceptors (Lipinski definition) is 7. The Balaban J connectivity index is 1.80. The van der Waals surface area contributed by atoms with Gasteiger partial charge in [-0.05, 0) is 43.0 Å². The summed E-state index contributed by atoms with van der Waals surface area (Å²) in [6.07, 6.45) is 2.66. The van der Waals surface area contributed by atoms with Gasteiger partial charge < -0.3 is 19.8 Å². The molecule has 2 aliphatic rings. The molecular formula is C35H37F3N6O3. The first-order valence-electron chi connectivity index (χ1n) is 15.6. The summed E-state index contributed by atoms with van der Waals surface area (Å²) in [6, 6.07) is 3.86. The smallest absolute Gasteiger partial charge is 0.281 e. The molecule has 1 fully saturated rings. The average molecular weight is 647 g/mol. The first-order chi connectivity index (χ1) is 22.3. The predicted octanol–water partition coefficient (Wildman–Crippen LogP) is 5.86. The van der Waals surface area contributed by atoms with Gasteiger partial charge >= 0.3 is 0 Å². The van der Waals surface area contributed by atoms with E-state index in [9.17, 15) is 14.7 Å². The van der Waals surface area contributed by atoms with Crippen molar-refractivity contribution in [1.82, 2.24) is 19.4 Å². The van der Waals surface area contributed by atoms with E-state index in [-0.39, 0.29) is 58.6 Å². The maximum absolute atomic E-state index is 17.3. The highest BCUT2D eigenvalue weighted by Crippen LogP contribution is 2.46. The molecule has 0 spiro atoms. The van der Waals surface area contributed by atoms with Crippen LogP contribution in [0.25, 0.3) is 27.7 Å². The molecule has 1 amide bonds. The number of phenolic OH excluding ortho intramolecular Hbond substituents is 1. The highest BCUT2D eigenvalue weighted by atomic mass is 19.1. The maximum Gasteiger partial charge on any atom is 0.281 e. The molecule has 47 heavy (non-hydrogen) atoms. The van der Waals surface area contributed by atoms with Crippen LogP contribution >= 0.6 is 0 Å². The van der Waals surface area contributed by atoms with E-state index in [4.69, 9.17) is 0 Å². The summed E-state index contributed by atoms with van der Waals surface area (Å²) < 4.78 is 50.1. The molecule has 9 nitrogen and oxygen atoms in total. The highest BCUT2D eigenvalue weighted by Gasteiger charge is 2.42. The lowest BCUT2D eigenvalue weighted by Gasteiger charge is -2.51. The summed E-state index contributed by atoms with van der Waals surface area (Å²) in [6.45, 7) is 14.0. The molecular weight excluding hydrogens is 609 g/mol. The topological polar surface area (TPSA) is 94.8 Å². The summed E-state index contributed by atoms with van der Waals surface area (Å²) in [5, 5.41) is 10.7. The Kier molecular flexibility index (Phi) is 8.01. The Morgan fingerprint density at radius 3 is 2.23 bits per heavy atom. The lowest BCUT2D eigenvalue weighted by atomic mass is 9.95. The molecule has 1 N–H and O–H groups in total. The van der Waals surface area contributed by atoms with Crippen LogP contribution in [0.4, 0.5) is 24.5 Å². The molecule has 0 aliphatic carbocycles. The van der Waals surface area contributed by atoms with Crippen LogP contribution in [0.1, 0.15) is 57.8 Å². The van der Waals surface area contributed by atoms with Crippen LogP contribution in [0.3, 0.4) is 0 Å². The number of carbonyl (C=O) groups excluding carboxylic acids is 1. The average Bonchev–Trinajstić information content (AvgIpc) is 3.01. The van der Waals surface area contributed by atoms with Crippen LogP contribution in [0.2, 0.25) is 0 Å². The number of rotatable bonds is 5. The lowest BCUT2D eigenvalue weighted by Crippen LogP contribution is -2.64. The predicted molar refractivity (Wildman–Crippen MR) is 176 cm³/mol. The second kappa shape index (κ2) is 11.7. The Labute approximate surface area is 270 Å². The highest BCUT2D eigenvalue weighted by molar-refractivity contribution is 6.03. The van der Waals surface area contributed by atoms with Crippen LogP contribution in [0.5, 0.6) is 5.75 Å². The van der Waals surface area contributed by atoms with Gasteiger partial charge in [0.2, 0.25) is 5.91 Å². The number of carbonyl (C=O) groups is 1. The number of anilines is 2. The van der Waals surface area contributed by atoms with Gasteiger partial charge in [0.05, 0.1) is 45.4 Å². The van der Waals surface area contributed by atoms with E-state index < -0.39 is 39.9 Å². The third-order valence-corrected chi connectivity index (χ3v) is 9.19. The Hall–Kier alpha value is -4.87. The second-order valence-electron chi connectivity index (χ2n) is 12.9. The van der Waals surface area contributed by atoms with Gasteiger partial charge in [0.15, 0.2) is 5.82 Å². The third-order valence-electron chi connectivity index (χ3n) is 9.19. The van der Waals surface area contributed by atoms with Crippen molar-refractivity contribution in [2.75, 3.05) is 36.5 Å². The van der Waals surface area contributed by atoms with Crippen LogP contribution in [0, 0.1) is 17.5 Å². The first kappa shape index (κ1) is 32.1. The van der Waals surface area contributed by atoms with Gasteiger partial charge in [0.25, 0.3) is 5.56 Å². The minimum atomic E-state index is -1.22. The lowest BCUT2D eigenvalue weighted by molar-refractivity contribution is -0.128. The number of amides is 1. The fraction of sp³-hybridized carbons (Fsp3) is 0.371. The fourth-order valence-electron chi connectivity index (χ4n) is 7.06. The fourth-order valence-corrected chi connectivity index (χ4v) is 7.06. The normalized spacial score (nSPS) is 17.8. The number of aromatic nitrogens is 3. The van der Waals surface area contributed by atoms with E-state index in [0.717, 1.165) is 18.2 Å². The van der Waals surface area contributed by atoms with E-state index in [1.165, 1.54) is 23.0 Å². The van der Waals surface area contributed by atoms with Crippen LogP contribution in [0.15, 0.2) is 48.0 Å². The number of piperazine rings is 1. The number of halogens is 3. The van der Waals surface area contributed by atoms with Gasteiger partial charge in [-0.2, -0.15) is 0 Å². The molecule has 2 aromatic carbocycles. The van der Waals surface area contributed by atoms with Crippen molar-refractivity contribution in [3.05, 3.63) is 82.4 Å². The van der Waals surface area contributed by atoms with Gasteiger partial charge in [-0.25, -0.2) is 23.1 Å². The quantitative estimate of drug-likeness (QED) is 0.272. The molecule has 2 aromatic heterocycles. The number of phenols is 1. The molecule has 0 saturated carbocycles. The molecule has 12 heteroatoms. The Morgan fingerprint density at radius 1 is 0.979 bits per heavy atom. The van der Waals surface area contributed by atoms with Gasteiger partial charge in [-0.3, -0.25) is 14.2 Å². The Bertz CT molecular complexity index is 1960. The number of hydrogen-bond donors (Lipinski definition) is 1. The van der Waals surface area contributed by atoms with Crippen molar-refractivity contribution in [2.45, 2.75) is 58.5 Å². The van der Waals surface area contributed by atoms with Crippen LogP contribution in [-0.2, 0) is 4.79 Å². The molecule has 1 saturated heterocycles. The minimum Gasteiger partial charge on any atom is -0.507 e. The number of fused-ring (bicyclic) bond motifs is 5. The van der Waals surface area contributed by atoms with Gasteiger partial charge in [0, 0.05) is 38.1 Å². The number of benzene rings is 2. The van der Waals surface area contributed by atoms with Gasteiger partial charge in [-0.15, -0.1) is 0 Å². The van der Waals surface area contributed by atoms with Crippen LogP contribution < -0.4 is 15.4 Å². The maximum atomic E-state index is 17.3. The Morgan fingerprint density at radius 2 is 1.64 bits per heavy atom. The molecule has 4 aromatic rings. The standard InChI is InChI=1S/C35H37F3N6O3/c1-8-25(46)42-15-20-14-41(7)34-32(43(20)13-19(42)6)21-12-23(37)27(26-22(36)10-9-11-24(26)45)28(38)31(21)44(35(34)47)33-29(17(2)3)39-16-40-30(33)18(4)5/h8-12,16-20,45H,1,13-15H2,2-7H3. The SMILES string of the molecule is C=CC(=O)N1CC2CN(C)c3c(c4cc(F)c(-c5c(O)cccc5F)c(F)c4n(-c4c(C(C)C)ncnc4C(C)C)c3=O)N2CC1C. The number of aromatic hydroxyl groups is 1. The molecule has 6 rings (SSSR count). The van der Waals surface area contributed by atoms with Crippen molar-refractivity contribution in [3.63, 3.8) is 0 Å². The van der Waals surface area contributed by atoms with Crippen molar-refractivity contribution in [1.29, 1.82) is 0 Å². The van der Waals surface area contributed by atoms with Crippen molar-refractivity contribution < 1.29 is 23.1 Å². The summed E-state index contributed by atoms with van der Waals surface area (Å²) >= 11 is 0. The van der Waals surface area contributed by atoms with Gasteiger partial charge in [0.1, 0.15) is 29.4 Å². The largest absolute Gasteiger partial charge is 0.507 e. The molecule has 0 radical (unpaired) electrons. The summed E-state index contributed by atoms with van der Waals surface area (Å²) in [4.78, 5) is 42.1. The number of likely N-dealkylation sites (N-methyl/N-ethyl adjacent to an activating group) is 1. The van der Waals surface area contributed by atoms with E-state index >= 15 is 13.2 Å². The summed E-state index contributed by atoms with van der Waals surface area (Å²) in [7, 11) is 1.73. The third kappa shape index (κ3) is 4.92. The zero-order valence-electron chi connectivity index (χ0n) is 27.2. The molecule has 2 aliphatic heterocycles. The van der Waals surface area contributed by atoms with Crippen molar-refractivity contribution >= 4 is 28.2 Å². The molecule has 2 unspecified atom stereocenters. The monoisotopic (exact) mass is 646 g/mol. The van der Waals surface area contributed by atoms with Gasteiger partial charge in [-0.1, -0.05) is 40.3 Å². The van der Waals surface area contributed by atoms with E-state index in [1.807, 2.05) is 39.5 Å².